The molecule has 0 saturated carbocycles. The number of carbonyl (C=O) groups is 2. The second-order valence-corrected chi connectivity index (χ2v) is 8.37. The molecule has 24 heavy (non-hydrogen) atoms. The van der Waals surface area contributed by atoms with Crippen LogP contribution in [0.3, 0.4) is 0 Å². The summed E-state index contributed by atoms with van der Waals surface area (Å²) in [6.07, 6.45) is 12.1. The zero-order valence-electron chi connectivity index (χ0n) is 14.7. The number of rotatable bonds is 13. The minimum absolute atomic E-state index is 1.16. The van der Waals surface area contributed by atoms with E-state index in [1.807, 2.05) is 0 Å². The molecular weight excluding hydrogens is 347 g/mol. The molecule has 9 heteroatoms. The Morgan fingerprint density at radius 3 is 1.58 bits per heavy atom. The molecule has 0 aromatic heterocycles. The standard InChI is InChI=1S/C11H23.C4H6O7S.Na/c1-3-5-7-9-11-10-8-6-4-2;5-3(6)1-2(4(7)8)12(9,10)11;/h1,3-11H2,2H3;2H,1H2,(H,5,6)(H,7,8)(H,9,10,11);. The third-order valence-corrected chi connectivity index (χ3v) is 5.25. The molecule has 0 aromatic carbocycles. The predicted molar refractivity (Wildman–Crippen MR) is 93.0 cm³/mol. The number of carboxylic acid groups (broad SMARTS) is 2. The average molecular weight is 376 g/mol. The van der Waals surface area contributed by atoms with Crippen molar-refractivity contribution in [3.05, 3.63) is 0 Å². The maximum atomic E-state index is 10.2. The second kappa shape index (κ2) is 16.3. The fourth-order valence-corrected chi connectivity index (χ4v) is 3.15. The first-order valence-electron chi connectivity index (χ1n) is 8.57. The van der Waals surface area contributed by atoms with Crippen molar-refractivity contribution in [1.82, 2.24) is 0 Å². The van der Waals surface area contributed by atoms with Gasteiger partial charge in [-0.1, -0.05) is 0 Å². The number of unbranched alkanes of at least 4 members (excludes halogenated alkanes) is 8. The fraction of sp³-hybridized carbons (Fsp3) is 0.867. The van der Waals surface area contributed by atoms with Gasteiger partial charge in [-0.3, -0.25) is 14.1 Å². The van der Waals surface area contributed by atoms with Gasteiger partial charge >= 0.3 is 108 Å². The SMILES string of the molecule is CCCCCCCCCC[CH2][Na].O=C(O)CC(C(=O)O)S(=O)(=O)O. The zero-order valence-corrected chi connectivity index (χ0v) is 17.6. The molecular formula is C15H29NaO7S. The maximum Gasteiger partial charge on any atom is 0.325 e. The molecule has 3 N–H and O–H groups in total. The van der Waals surface area contributed by atoms with E-state index in [1.165, 1.54) is 89.4 Å². The van der Waals surface area contributed by atoms with Crippen molar-refractivity contribution in [2.75, 3.05) is 0 Å². The van der Waals surface area contributed by atoms with Gasteiger partial charge < -0.3 is 10.2 Å². The Balaban J connectivity index is 0. The molecule has 0 heterocycles. The first kappa shape index (κ1) is 26.1. The molecule has 1 unspecified atom stereocenters. The van der Waals surface area contributed by atoms with Crippen LogP contribution in [0, 0.1) is 0 Å². The van der Waals surface area contributed by atoms with Crippen LogP contribution in [0.15, 0.2) is 0 Å². The molecule has 0 aliphatic rings. The number of hydrogen-bond donors (Lipinski definition) is 3. The van der Waals surface area contributed by atoms with E-state index in [1.54, 1.807) is 0 Å². The van der Waals surface area contributed by atoms with Crippen LogP contribution in [0.5, 0.6) is 0 Å². The Morgan fingerprint density at radius 2 is 1.33 bits per heavy atom. The van der Waals surface area contributed by atoms with Crippen LogP contribution in [0.25, 0.3) is 0 Å². The number of aliphatic carboxylic acids is 2. The normalized spacial score (nSPS) is 12.2. The molecule has 0 fully saturated rings. The van der Waals surface area contributed by atoms with Crippen LogP contribution in [0.2, 0.25) is 3.67 Å². The Bertz CT molecular complexity index is 427. The monoisotopic (exact) mass is 376 g/mol. The van der Waals surface area contributed by atoms with Crippen LogP contribution in [0.4, 0.5) is 0 Å². The number of carboxylic acids is 2. The third kappa shape index (κ3) is 18.2. The summed E-state index contributed by atoms with van der Waals surface area (Å²) in [5.74, 6) is -3.50. The molecule has 0 rings (SSSR count). The molecule has 0 saturated heterocycles. The molecule has 0 radical (unpaired) electrons. The van der Waals surface area contributed by atoms with Crippen LogP contribution in [0.1, 0.15) is 71.1 Å². The minimum atomic E-state index is -4.84. The Labute approximate surface area is 162 Å². The molecule has 0 bridgehead atoms. The second-order valence-electron chi connectivity index (χ2n) is 5.77. The van der Waals surface area contributed by atoms with Gasteiger partial charge in [0.1, 0.15) is 0 Å². The van der Waals surface area contributed by atoms with Crippen molar-refractivity contribution in [3.63, 3.8) is 0 Å². The van der Waals surface area contributed by atoms with Crippen LogP contribution in [-0.4, -0.2) is 68.3 Å². The van der Waals surface area contributed by atoms with Gasteiger partial charge in [-0.2, -0.15) is 8.42 Å². The predicted octanol–water partition coefficient (Wildman–Crippen LogP) is 2.91. The van der Waals surface area contributed by atoms with Crippen molar-refractivity contribution in [3.8, 4) is 0 Å². The molecule has 0 aliphatic heterocycles. The van der Waals surface area contributed by atoms with E-state index in [0.29, 0.717) is 0 Å². The quantitative estimate of drug-likeness (QED) is 0.256. The van der Waals surface area contributed by atoms with Crippen molar-refractivity contribution in [2.24, 2.45) is 0 Å². The molecule has 0 spiro atoms. The van der Waals surface area contributed by atoms with E-state index in [4.69, 9.17) is 14.8 Å². The summed E-state index contributed by atoms with van der Waals surface area (Å²) in [4.78, 5) is 20.0. The van der Waals surface area contributed by atoms with E-state index in [9.17, 15) is 18.0 Å². The van der Waals surface area contributed by atoms with Gasteiger partial charge in [0.15, 0.2) is 5.25 Å². The van der Waals surface area contributed by atoms with Crippen molar-refractivity contribution in [1.29, 1.82) is 0 Å². The molecule has 7 nitrogen and oxygen atoms in total. The van der Waals surface area contributed by atoms with E-state index in [2.05, 4.69) is 6.92 Å². The van der Waals surface area contributed by atoms with Gasteiger partial charge in [0.2, 0.25) is 0 Å². The van der Waals surface area contributed by atoms with Crippen molar-refractivity contribution in [2.45, 2.75) is 80.1 Å². The van der Waals surface area contributed by atoms with Gasteiger partial charge in [-0.25, -0.2) is 0 Å². The van der Waals surface area contributed by atoms with Gasteiger partial charge in [-0.05, 0) is 0 Å². The Morgan fingerprint density at radius 1 is 0.917 bits per heavy atom. The van der Waals surface area contributed by atoms with E-state index < -0.39 is 33.7 Å². The first-order chi connectivity index (χ1) is 11.2. The Kier molecular flexibility index (Phi) is 17.7. The maximum absolute atomic E-state index is 10.2. The molecule has 0 amide bonds. The summed E-state index contributed by atoms with van der Waals surface area (Å²) in [5, 5.41) is 13.9. The van der Waals surface area contributed by atoms with Gasteiger partial charge in [0.25, 0.3) is 10.1 Å². The van der Waals surface area contributed by atoms with Gasteiger partial charge in [-0.15, -0.1) is 0 Å². The summed E-state index contributed by atoms with van der Waals surface area (Å²) in [5.41, 5.74) is 0. The van der Waals surface area contributed by atoms with Crippen molar-refractivity contribution >= 4 is 50.0 Å². The molecule has 1 atom stereocenters. The fourth-order valence-electron chi connectivity index (χ4n) is 2.04. The Hall–Kier alpha value is -0.150. The van der Waals surface area contributed by atoms with Crippen LogP contribution >= 0.6 is 0 Å². The topological polar surface area (TPSA) is 129 Å². The number of hydrogen-bond acceptors (Lipinski definition) is 4. The third-order valence-electron chi connectivity index (χ3n) is 3.45. The largest absolute Gasteiger partial charge is 0.481 e. The molecule has 0 aromatic rings. The summed E-state index contributed by atoms with van der Waals surface area (Å²) in [6.45, 7) is 2.28. The summed E-state index contributed by atoms with van der Waals surface area (Å²) in [6, 6.07) is 0. The van der Waals surface area contributed by atoms with Crippen LogP contribution in [-0.2, 0) is 19.7 Å². The van der Waals surface area contributed by atoms with Gasteiger partial charge in [0, 0.05) is 0 Å². The summed E-state index contributed by atoms with van der Waals surface area (Å²) < 4.78 is 30.2. The van der Waals surface area contributed by atoms with E-state index >= 15 is 0 Å². The van der Waals surface area contributed by atoms with E-state index in [-0.39, 0.29) is 0 Å². The minimum Gasteiger partial charge on any atom is -0.481 e. The van der Waals surface area contributed by atoms with E-state index in [0.717, 1.165) is 0 Å². The van der Waals surface area contributed by atoms with Gasteiger partial charge in [0.05, 0.1) is 6.42 Å². The smallest absolute Gasteiger partial charge is 0.325 e. The zero-order chi connectivity index (χ0) is 19.0. The molecule has 138 valence electrons. The first-order valence-corrected chi connectivity index (χ1v) is 11.5. The van der Waals surface area contributed by atoms with Crippen molar-refractivity contribution < 1.29 is 32.8 Å². The summed E-state index contributed by atoms with van der Waals surface area (Å²) in [7, 11) is -4.84. The summed E-state index contributed by atoms with van der Waals surface area (Å²) >= 11 is 1.41. The van der Waals surface area contributed by atoms with Crippen LogP contribution < -0.4 is 0 Å². The molecule has 0 aliphatic carbocycles. The average Bonchev–Trinajstić information content (AvgIpc) is 2.47.